The second kappa shape index (κ2) is 8.58. The standard InChI is InChI=1S/C15H20F3N5.ClH/c1-10-9-23(14(7-20-10)8-21-22-19)11(2)12-3-5-13(6-4-12)15(16,17)18;/h3-6,10-11,14,20H,7-9H2,1-2H3;1H/t10-,11?,14-;/m0./s1. The lowest BCUT2D eigenvalue weighted by atomic mass is 10.00. The van der Waals surface area contributed by atoms with Crippen molar-refractivity contribution in [3.05, 3.63) is 45.8 Å². The summed E-state index contributed by atoms with van der Waals surface area (Å²) < 4.78 is 38.0. The van der Waals surface area contributed by atoms with Gasteiger partial charge in [0.15, 0.2) is 0 Å². The van der Waals surface area contributed by atoms with E-state index in [-0.39, 0.29) is 30.5 Å². The highest BCUT2D eigenvalue weighted by atomic mass is 35.5. The largest absolute Gasteiger partial charge is 0.416 e. The van der Waals surface area contributed by atoms with Crippen LogP contribution in [0.4, 0.5) is 13.2 Å². The zero-order chi connectivity index (χ0) is 17.0. The molecule has 0 spiro atoms. The lowest BCUT2D eigenvalue weighted by Crippen LogP contribution is -2.57. The van der Waals surface area contributed by atoms with Gasteiger partial charge in [-0.3, -0.25) is 4.90 Å². The number of hydrogen-bond donors (Lipinski definition) is 1. The highest BCUT2D eigenvalue weighted by molar-refractivity contribution is 5.85. The summed E-state index contributed by atoms with van der Waals surface area (Å²) in [6.07, 6.45) is -4.32. The van der Waals surface area contributed by atoms with Crippen molar-refractivity contribution in [2.75, 3.05) is 19.6 Å². The molecule has 0 aromatic heterocycles. The van der Waals surface area contributed by atoms with E-state index in [1.807, 2.05) is 6.92 Å². The fraction of sp³-hybridized carbons (Fsp3) is 0.600. The lowest BCUT2D eigenvalue weighted by Gasteiger charge is -2.42. The second-order valence-electron chi connectivity index (χ2n) is 5.87. The minimum absolute atomic E-state index is 0. The SMILES string of the molecule is CC(c1ccc(C(F)(F)F)cc1)N1C[C@H](C)NC[C@H]1CN=[N+]=[N-].Cl. The highest BCUT2D eigenvalue weighted by Gasteiger charge is 2.32. The maximum atomic E-state index is 12.7. The van der Waals surface area contributed by atoms with Crippen LogP contribution in [0.3, 0.4) is 0 Å². The van der Waals surface area contributed by atoms with Crippen LogP contribution in [0, 0.1) is 0 Å². The molecule has 1 N–H and O–H groups in total. The molecule has 0 saturated carbocycles. The Kier molecular flexibility index (Phi) is 7.35. The molecule has 0 amide bonds. The third-order valence-electron chi connectivity index (χ3n) is 4.23. The van der Waals surface area contributed by atoms with Gasteiger partial charge < -0.3 is 5.32 Å². The van der Waals surface area contributed by atoms with E-state index in [2.05, 4.69) is 27.2 Å². The maximum Gasteiger partial charge on any atom is 0.416 e. The third kappa shape index (κ3) is 5.01. The van der Waals surface area contributed by atoms with E-state index in [1.54, 1.807) is 0 Å². The van der Waals surface area contributed by atoms with Gasteiger partial charge in [-0.25, -0.2) is 0 Å². The first kappa shape index (κ1) is 20.6. The molecule has 134 valence electrons. The van der Waals surface area contributed by atoms with Crippen LogP contribution in [0.1, 0.15) is 31.0 Å². The van der Waals surface area contributed by atoms with Crippen LogP contribution in [0.15, 0.2) is 29.4 Å². The predicted octanol–water partition coefficient (Wildman–Crippen LogP) is 4.16. The Hall–Kier alpha value is -1.47. The van der Waals surface area contributed by atoms with Gasteiger partial charge in [-0.1, -0.05) is 17.2 Å². The normalized spacial score (nSPS) is 23.0. The quantitative estimate of drug-likeness (QED) is 0.496. The molecule has 1 heterocycles. The van der Waals surface area contributed by atoms with Crippen molar-refractivity contribution in [3.63, 3.8) is 0 Å². The number of rotatable bonds is 4. The molecular formula is C15H21ClF3N5. The first-order valence-corrected chi connectivity index (χ1v) is 7.50. The van der Waals surface area contributed by atoms with Crippen molar-refractivity contribution in [1.82, 2.24) is 10.2 Å². The molecule has 0 aliphatic carbocycles. The van der Waals surface area contributed by atoms with E-state index in [0.717, 1.165) is 24.2 Å². The Bertz CT molecular complexity index is 571. The summed E-state index contributed by atoms with van der Waals surface area (Å²) in [7, 11) is 0. The molecular weight excluding hydrogens is 343 g/mol. The topological polar surface area (TPSA) is 64.0 Å². The second-order valence-corrected chi connectivity index (χ2v) is 5.87. The summed E-state index contributed by atoms with van der Waals surface area (Å²) in [5.74, 6) is 0. The summed E-state index contributed by atoms with van der Waals surface area (Å²) in [5.41, 5.74) is 8.68. The summed E-state index contributed by atoms with van der Waals surface area (Å²) in [4.78, 5) is 4.98. The van der Waals surface area contributed by atoms with Crippen molar-refractivity contribution in [1.29, 1.82) is 0 Å². The molecule has 1 saturated heterocycles. The average Bonchev–Trinajstić information content (AvgIpc) is 2.52. The van der Waals surface area contributed by atoms with Gasteiger partial charge in [0.1, 0.15) is 0 Å². The number of halogens is 4. The smallest absolute Gasteiger partial charge is 0.311 e. The molecule has 1 fully saturated rings. The summed E-state index contributed by atoms with van der Waals surface area (Å²) >= 11 is 0. The zero-order valence-corrected chi connectivity index (χ0v) is 14.3. The fourth-order valence-corrected chi connectivity index (χ4v) is 2.90. The van der Waals surface area contributed by atoms with Crippen molar-refractivity contribution in [2.24, 2.45) is 5.11 Å². The van der Waals surface area contributed by atoms with E-state index in [4.69, 9.17) is 5.53 Å². The molecule has 0 bridgehead atoms. The lowest BCUT2D eigenvalue weighted by molar-refractivity contribution is -0.137. The van der Waals surface area contributed by atoms with E-state index < -0.39 is 11.7 Å². The minimum atomic E-state index is -4.32. The maximum absolute atomic E-state index is 12.7. The molecule has 2 rings (SSSR count). The number of hydrogen-bond acceptors (Lipinski definition) is 3. The van der Waals surface area contributed by atoms with Crippen LogP contribution < -0.4 is 5.32 Å². The molecule has 1 aliphatic rings. The van der Waals surface area contributed by atoms with Crippen molar-refractivity contribution < 1.29 is 13.2 Å². The van der Waals surface area contributed by atoms with Gasteiger partial charge in [0.2, 0.25) is 0 Å². The van der Waals surface area contributed by atoms with Gasteiger partial charge in [-0.05, 0) is 37.1 Å². The predicted molar refractivity (Wildman–Crippen MR) is 89.1 cm³/mol. The summed E-state index contributed by atoms with van der Waals surface area (Å²) in [6, 6.07) is 5.50. The van der Waals surface area contributed by atoms with Gasteiger partial charge in [0.05, 0.1) is 5.56 Å². The van der Waals surface area contributed by atoms with Crippen LogP contribution in [-0.4, -0.2) is 36.6 Å². The van der Waals surface area contributed by atoms with Crippen LogP contribution >= 0.6 is 12.4 Å². The van der Waals surface area contributed by atoms with Gasteiger partial charge in [-0.15, -0.1) is 12.4 Å². The summed E-state index contributed by atoms with van der Waals surface area (Å²) in [5, 5.41) is 6.98. The Morgan fingerprint density at radius 3 is 2.54 bits per heavy atom. The number of alkyl halides is 3. The highest BCUT2D eigenvalue weighted by Crippen LogP contribution is 2.31. The van der Waals surface area contributed by atoms with Crippen LogP contribution in [0.5, 0.6) is 0 Å². The first-order valence-electron chi connectivity index (χ1n) is 7.50. The Morgan fingerprint density at radius 2 is 2.00 bits per heavy atom. The molecule has 1 aliphatic heterocycles. The average molecular weight is 364 g/mol. The van der Waals surface area contributed by atoms with Gasteiger partial charge >= 0.3 is 6.18 Å². The molecule has 0 radical (unpaired) electrons. The van der Waals surface area contributed by atoms with Crippen LogP contribution in [0.25, 0.3) is 10.4 Å². The Balaban J connectivity index is 0.00000288. The minimum Gasteiger partial charge on any atom is -0.311 e. The zero-order valence-electron chi connectivity index (χ0n) is 13.5. The number of piperazine rings is 1. The molecule has 1 aromatic rings. The van der Waals surface area contributed by atoms with Gasteiger partial charge in [0.25, 0.3) is 0 Å². The molecule has 1 unspecified atom stereocenters. The molecule has 5 nitrogen and oxygen atoms in total. The van der Waals surface area contributed by atoms with E-state index in [1.165, 1.54) is 12.1 Å². The Morgan fingerprint density at radius 1 is 1.38 bits per heavy atom. The summed E-state index contributed by atoms with van der Waals surface area (Å²) in [6.45, 7) is 5.78. The Labute approximate surface area is 145 Å². The van der Waals surface area contributed by atoms with E-state index >= 15 is 0 Å². The first-order chi connectivity index (χ1) is 10.8. The van der Waals surface area contributed by atoms with Crippen molar-refractivity contribution in [2.45, 2.75) is 38.1 Å². The van der Waals surface area contributed by atoms with Crippen LogP contribution in [0.2, 0.25) is 0 Å². The van der Waals surface area contributed by atoms with Crippen LogP contribution in [-0.2, 0) is 6.18 Å². The van der Waals surface area contributed by atoms with Crippen molar-refractivity contribution >= 4 is 12.4 Å². The molecule has 3 atom stereocenters. The van der Waals surface area contributed by atoms with E-state index in [9.17, 15) is 13.2 Å². The number of nitrogens with zero attached hydrogens (tertiary/aromatic N) is 4. The monoisotopic (exact) mass is 363 g/mol. The van der Waals surface area contributed by atoms with E-state index in [0.29, 0.717) is 13.1 Å². The molecule has 24 heavy (non-hydrogen) atoms. The van der Waals surface area contributed by atoms with Gasteiger partial charge in [-0.2, -0.15) is 13.2 Å². The number of azide groups is 1. The molecule has 1 aromatic carbocycles. The third-order valence-corrected chi connectivity index (χ3v) is 4.23. The van der Waals surface area contributed by atoms with Crippen molar-refractivity contribution in [3.8, 4) is 0 Å². The number of nitrogens with one attached hydrogen (secondary N) is 1. The number of benzene rings is 1. The van der Waals surface area contributed by atoms with Gasteiger partial charge in [0, 0.05) is 42.7 Å². The molecule has 9 heteroatoms. The fourth-order valence-electron chi connectivity index (χ4n) is 2.90.